The smallest absolute Gasteiger partial charge is 0.137 e. The average Bonchev–Trinajstić information content (AvgIpc) is 2.32. The first kappa shape index (κ1) is 11.0. The molecule has 0 saturated carbocycles. The third-order valence-electron chi connectivity index (χ3n) is 2.41. The highest BCUT2D eigenvalue weighted by Crippen LogP contribution is 2.28. The summed E-state index contributed by atoms with van der Waals surface area (Å²) in [6.45, 7) is 1.94. The lowest BCUT2D eigenvalue weighted by molar-refractivity contribution is 0.452. The highest BCUT2D eigenvalue weighted by Gasteiger charge is 2.04. The predicted octanol–water partition coefficient (Wildman–Crippen LogP) is 3.36. The van der Waals surface area contributed by atoms with Crippen LogP contribution in [-0.2, 0) is 0 Å². The lowest BCUT2D eigenvalue weighted by Crippen LogP contribution is -1.87. The number of rotatable bonds is 2. The van der Waals surface area contributed by atoms with Gasteiger partial charge in [-0.25, -0.2) is 0 Å². The van der Waals surface area contributed by atoms with E-state index < -0.39 is 0 Å². The first-order valence-electron chi connectivity index (χ1n) is 5.17. The van der Waals surface area contributed by atoms with E-state index in [-0.39, 0.29) is 11.3 Å². The van der Waals surface area contributed by atoms with Crippen molar-refractivity contribution in [2.45, 2.75) is 6.92 Å². The molecule has 2 rings (SSSR count). The Labute approximate surface area is 99.5 Å². The standard InChI is InChI=1S/C14H11NO2/c1-10-4-2-3-5-14(10)17-12-7-6-11(9-15)13(16)8-12/h2-8,16H,1H3. The molecule has 0 aliphatic rings. The topological polar surface area (TPSA) is 53.2 Å². The van der Waals surface area contributed by atoms with Crippen LogP contribution in [0.3, 0.4) is 0 Å². The van der Waals surface area contributed by atoms with Crippen molar-refractivity contribution in [2.24, 2.45) is 0 Å². The van der Waals surface area contributed by atoms with Crippen molar-refractivity contribution in [1.29, 1.82) is 5.26 Å². The van der Waals surface area contributed by atoms with E-state index in [9.17, 15) is 5.11 Å². The fraction of sp³-hybridized carbons (Fsp3) is 0.0714. The predicted molar refractivity (Wildman–Crippen MR) is 64.1 cm³/mol. The van der Waals surface area contributed by atoms with Crippen LogP contribution in [0.2, 0.25) is 0 Å². The van der Waals surface area contributed by atoms with Gasteiger partial charge in [-0.1, -0.05) is 18.2 Å². The minimum absolute atomic E-state index is 0.0708. The van der Waals surface area contributed by atoms with Crippen molar-refractivity contribution in [2.75, 3.05) is 0 Å². The minimum atomic E-state index is -0.0708. The largest absolute Gasteiger partial charge is 0.506 e. The summed E-state index contributed by atoms with van der Waals surface area (Å²) in [4.78, 5) is 0. The second-order valence-corrected chi connectivity index (χ2v) is 3.66. The van der Waals surface area contributed by atoms with Crippen LogP contribution in [0.15, 0.2) is 42.5 Å². The molecule has 0 fully saturated rings. The van der Waals surface area contributed by atoms with Crippen molar-refractivity contribution >= 4 is 0 Å². The number of benzene rings is 2. The molecule has 0 heterocycles. The van der Waals surface area contributed by atoms with Gasteiger partial charge in [0.15, 0.2) is 0 Å². The van der Waals surface area contributed by atoms with Gasteiger partial charge in [0.05, 0.1) is 5.56 Å². The Hall–Kier alpha value is -2.47. The fourth-order valence-corrected chi connectivity index (χ4v) is 1.47. The van der Waals surface area contributed by atoms with Gasteiger partial charge in [0.1, 0.15) is 23.3 Å². The maximum absolute atomic E-state index is 9.54. The molecule has 0 aliphatic heterocycles. The number of hydrogen-bond donors (Lipinski definition) is 1. The molecule has 0 spiro atoms. The number of phenolic OH excluding ortho intramolecular Hbond substituents is 1. The second kappa shape index (κ2) is 4.58. The normalized spacial score (nSPS) is 9.65. The molecule has 0 saturated heterocycles. The van der Waals surface area contributed by atoms with Gasteiger partial charge in [-0.15, -0.1) is 0 Å². The molecule has 2 aromatic carbocycles. The summed E-state index contributed by atoms with van der Waals surface area (Å²) < 4.78 is 5.62. The van der Waals surface area contributed by atoms with Gasteiger partial charge in [0.2, 0.25) is 0 Å². The highest BCUT2D eigenvalue weighted by atomic mass is 16.5. The van der Waals surface area contributed by atoms with Crippen molar-refractivity contribution in [3.63, 3.8) is 0 Å². The monoisotopic (exact) mass is 225 g/mol. The van der Waals surface area contributed by atoms with Gasteiger partial charge >= 0.3 is 0 Å². The summed E-state index contributed by atoms with van der Waals surface area (Å²) in [5.41, 5.74) is 1.25. The Bertz CT molecular complexity index is 585. The molecule has 3 heteroatoms. The zero-order chi connectivity index (χ0) is 12.3. The summed E-state index contributed by atoms with van der Waals surface area (Å²) in [7, 11) is 0. The maximum Gasteiger partial charge on any atom is 0.137 e. The molecule has 0 atom stereocenters. The van der Waals surface area contributed by atoms with E-state index >= 15 is 0 Å². The summed E-state index contributed by atoms with van der Waals surface area (Å²) in [5.74, 6) is 1.17. The molecular weight excluding hydrogens is 214 g/mol. The molecule has 2 aromatic rings. The van der Waals surface area contributed by atoms with Crippen LogP contribution in [0.1, 0.15) is 11.1 Å². The van der Waals surface area contributed by atoms with Crippen LogP contribution in [0, 0.1) is 18.3 Å². The second-order valence-electron chi connectivity index (χ2n) is 3.66. The number of hydrogen-bond acceptors (Lipinski definition) is 3. The van der Waals surface area contributed by atoms with E-state index in [1.54, 1.807) is 6.07 Å². The first-order chi connectivity index (χ1) is 8.20. The van der Waals surface area contributed by atoms with E-state index in [0.29, 0.717) is 5.75 Å². The zero-order valence-electron chi connectivity index (χ0n) is 9.34. The molecule has 0 aromatic heterocycles. The van der Waals surface area contributed by atoms with Crippen LogP contribution < -0.4 is 4.74 Å². The minimum Gasteiger partial charge on any atom is -0.506 e. The van der Waals surface area contributed by atoms with Gasteiger partial charge in [0, 0.05) is 6.07 Å². The third kappa shape index (κ3) is 2.37. The lowest BCUT2D eigenvalue weighted by atomic mass is 10.2. The Balaban J connectivity index is 2.29. The average molecular weight is 225 g/mol. The SMILES string of the molecule is Cc1ccccc1Oc1ccc(C#N)c(O)c1. The number of para-hydroxylation sites is 1. The molecule has 3 nitrogen and oxygen atoms in total. The molecule has 0 aliphatic carbocycles. The number of aryl methyl sites for hydroxylation is 1. The number of phenols is 1. The van der Waals surface area contributed by atoms with Gasteiger partial charge in [0.25, 0.3) is 0 Å². The molecule has 0 amide bonds. The van der Waals surface area contributed by atoms with E-state index in [0.717, 1.165) is 11.3 Å². The Morgan fingerprint density at radius 2 is 1.94 bits per heavy atom. The quantitative estimate of drug-likeness (QED) is 0.852. The van der Waals surface area contributed by atoms with Crippen LogP contribution in [0.25, 0.3) is 0 Å². The van der Waals surface area contributed by atoms with Crippen molar-refractivity contribution in [1.82, 2.24) is 0 Å². The van der Waals surface area contributed by atoms with E-state index in [1.807, 2.05) is 37.3 Å². The highest BCUT2D eigenvalue weighted by molar-refractivity contribution is 5.48. The van der Waals surface area contributed by atoms with Gasteiger partial charge in [-0.2, -0.15) is 5.26 Å². The Morgan fingerprint density at radius 1 is 1.18 bits per heavy atom. The van der Waals surface area contributed by atoms with E-state index in [1.165, 1.54) is 12.1 Å². The Morgan fingerprint density at radius 3 is 2.59 bits per heavy atom. The van der Waals surface area contributed by atoms with Crippen molar-refractivity contribution in [3.05, 3.63) is 53.6 Å². The van der Waals surface area contributed by atoms with E-state index in [4.69, 9.17) is 10.00 Å². The summed E-state index contributed by atoms with van der Waals surface area (Å²) in [6.07, 6.45) is 0. The summed E-state index contributed by atoms with van der Waals surface area (Å²) in [5, 5.41) is 18.2. The van der Waals surface area contributed by atoms with Crippen LogP contribution in [0.4, 0.5) is 0 Å². The molecule has 0 bridgehead atoms. The third-order valence-corrected chi connectivity index (χ3v) is 2.41. The molecule has 17 heavy (non-hydrogen) atoms. The number of nitriles is 1. The van der Waals surface area contributed by atoms with Crippen LogP contribution >= 0.6 is 0 Å². The zero-order valence-corrected chi connectivity index (χ0v) is 9.34. The molecule has 0 radical (unpaired) electrons. The summed E-state index contributed by atoms with van der Waals surface area (Å²) in [6, 6.07) is 14.1. The number of aromatic hydroxyl groups is 1. The Kier molecular flexibility index (Phi) is 2.97. The van der Waals surface area contributed by atoms with E-state index in [2.05, 4.69) is 0 Å². The van der Waals surface area contributed by atoms with Crippen LogP contribution in [-0.4, -0.2) is 5.11 Å². The first-order valence-corrected chi connectivity index (χ1v) is 5.17. The molecular formula is C14H11NO2. The van der Waals surface area contributed by atoms with Gasteiger partial charge in [-0.3, -0.25) is 0 Å². The number of nitrogens with zero attached hydrogens (tertiary/aromatic N) is 1. The van der Waals surface area contributed by atoms with Gasteiger partial charge < -0.3 is 9.84 Å². The number of ether oxygens (including phenoxy) is 1. The molecule has 84 valence electrons. The van der Waals surface area contributed by atoms with Crippen molar-refractivity contribution < 1.29 is 9.84 Å². The maximum atomic E-state index is 9.54. The van der Waals surface area contributed by atoms with Gasteiger partial charge in [-0.05, 0) is 30.7 Å². The lowest BCUT2D eigenvalue weighted by Gasteiger charge is -2.08. The fourth-order valence-electron chi connectivity index (χ4n) is 1.47. The van der Waals surface area contributed by atoms with Crippen molar-refractivity contribution in [3.8, 4) is 23.3 Å². The van der Waals surface area contributed by atoms with Crippen LogP contribution in [0.5, 0.6) is 17.2 Å². The molecule has 1 N–H and O–H groups in total. The summed E-state index contributed by atoms with van der Waals surface area (Å²) >= 11 is 0. The molecule has 0 unspecified atom stereocenters.